The van der Waals surface area contributed by atoms with Crippen LogP contribution in [0.3, 0.4) is 0 Å². The first-order chi connectivity index (χ1) is 8.14. The minimum atomic E-state index is -3.08. The maximum absolute atomic E-state index is 12.3. The Kier molecular flexibility index (Phi) is 4.41. The molecule has 0 aromatic rings. The summed E-state index contributed by atoms with van der Waals surface area (Å²) in [6.45, 7) is 5.34. The molecule has 2 fully saturated rings. The zero-order valence-electron chi connectivity index (χ0n) is 10.4. The Hall–Kier alpha value is -0.170. The molecule has 17 heavy (non-hydrogen) atoms. The van der Waals surface area contributed by atoms with E-state index in [1.807, 2.05) is 6.92 Å². The van der Waals surface area contributed by atoms with Gasteiger partial charge in [0.15, 0.2) is 0 Å². The molecule has 0 saturated carbocycles. The minimum Gasteiger partial charge on any atom is -0.378 e. The summed E-state index contributed by atoms with van der Waals surface area (Å²) >= 11 is 0. The van der Waals surface area contributed by atoms with Crippen LogP contribution in [-0.4, -0.2) is 56.9 Å². The molecule has 0 aromatic carbocycles. The van der Waals surface area contributed by atoms with Crippen molar-refractivity contribution in [2.45, 2.75) is 37.5 Å². The van der Waals surface area contributed by atoms with Crippen molar-refractivity contribution < 1.29 is 13.2 Å². The Labute approximate surface area is 104 Å². The molecule has 6 heteroatoms. The summed E-state index contributed by atoms with van der Waals surface area (Å²) in [6, 6.07) is 0. The van der Waals surface area contributed by atoms with Gasteiger partial charge in [0.2, 0.25) is 10.0 Å². The summed E-state index contributed by atoms with van der Waals surface area (Å²) in [5.74, 6) is 0. The molecule has 2 saturated heterocycles. The molecule has 0 aliphatic carbocycles. The van der Waals surface area contributed by atoms with Gasteiger partial charge in [-0.3, -0.25) is 0 Å². The second-order valence-corrected chi connectivity index (χ2v) is 6.93. The Bertz CT molecular complexity index is 331. The molecule has 1 unspecified atom stereocenters. The number of rotatable bonds is 4. The molecule has 0 bridgehead atoms. The molecule has 2 aliphatic rings. The number of nitrogens with one attached hydrogen (secondary N) is 1. The van der Waals surface area contributed by atoms with Gasteiger partial charge in [0.25, 0.3) is 0 Å². The van der Waals surface area contributed by atoms with Gasteiger partial charge in [-0.25, -0.2) is 12.7 Å². The third-order valence-electron chi connectivity index (χ3n) is 3.60. The van der Waals surface area contributed by atoms with Gasteiger partial charge < -0.3 is 10.1 Å². The molecule has 0 radical (unpaired) electrons. The maximum Gasteiger partial charge on any atom is 0.218 e. The average molecular weight is 262 g/mol. The van der Waals surface area contributed by atoms with Crippen molar-refractivity contribution in [2.24, 2.45) is 0 Å². The van der Waals surface area contributed by atoms with Crippen LogP contribution >= 0.6 is 0 Å². The van der Waals surface area contributed by atoms with Gasteiger partial charge in [0.1, 0.15) is 0 Å². The predicted molar refractivity (Wildman–Crippen MR) is 66.4 cm³/mol. The zero-order valence-corrected chi connectivity index (χ0v) is 11.2. The number of hydrogen-bond donors (Lipinski definition) is 1. The first kappa shape index (κ1) is 13.3. The van der Waals surface area contributed by atoms with E-state index in [0.717, 1.165) is 25.8 Å². The van der Waals surface area contributed by atoms with Gasteiger partial charge in [-0.1, -0.05) is 0 Å². The van der Waals surface area contributed by atoms with Crippen LogP contribution in [0.15, 0.2) is 0 Å². The SMILES string of the molecule is CCOC1CCN(S(=O)(=O)C2CCNC2)CC1. The van der Waals surface area contributed by atoms with E-state index >= 15 is 0 Å². The second kappa shape index (κ2) is 5.65. The van der Waals surface area contributed by atoms with Crippen LogP contribution in [0.4, 0.5) is 0 Å². The molecule has 5 nitrogen and oxygen atoms in total. The normalized spacial score (nSPS) is 28.6. The van der Waals surface area contributed by atoms with Crippen LogP contribution < -0.4 is 5.32 Å². The van der Waals surface area contributed by atoms with Crippen LogP contribution in [0, 0.1) is 0 Å². The summed E-state index contributed by atoms with van der Waals surface area (Å²) in [4.78, 5) is 0. The summed E-state index contributed by atoms with van der Waals surface area (Å²) in [7, 11) is -3.08. The zero-order chi connectivity index (χ0) is 12.3. The van der Waals surface area contributed by atoms with E-state index in [-0.39, 0.29) is 11.4 Å². The Morgan fingerprint density at radius 2 is 2.00 bits per heavy atom. The Balaban J connectivity index is 1.91. The van der Waals surface area contributed by atoms with Crippen molar-refractivity contribution in [1.29, 1.82) is 0 Å². The molecule has 1 N–H and O–H groups in total. The Morgan fingerprint density at radius 1 is 1.29 bits per heavy atom. The highest BCUT2D eigenvalue weighted by Gasteiger charge is 2.36. The highest BCUT2D eigenvalue weighted by Crippen LogP contribution is 2.21. The topological polar surface area (TPSA) is 58.6 Å². The monoisotopic (exact) mass is 262 g/mol. The molecule has 0 spiro atoms. The third-order valence-corrected chi connectivity index (χ3v) is 5.93. The van der Waals surface area contributed by atoms with Crippen molar-refractivity contribution in [3.05, 3.63) is 0 Å². The van der Waals surface area contributed by atoms with Crippen molar-refractivity contribution >= 4 is 10.0 Å². The summed E-state index contributed by atoms with van der Waals surface area (Å²) < 4.78 is 31.8. The molecular formula is C11H22N2O3S. The fraction of sp³-hybridized carbons (Fsp3) is 1.00. The largest absolute Gasteiger partial charge is 0.378 e. The lowest BCUT2D eigenvalue weighted by molar-refractivity contribution is 0.0289. The van der Waals surface area contributed by atoms with Crippen molar-refractivity contribution in [2.75, 3.05) is 32.8 Å². The quantitative estimate of drug-likeness (QED) is 0.785. The van der Waals surface area contributed by atoms with E-state index in [9.17, 15) is 8.42 Å². The number of ether oxygens (including phenoxy) is 1. The summed E-state index contributed by atoms with van der Waals surface area (Å²) in [6.07, 6.45) is 2.64. The van der Waals surface area contributed by atoms with Crippen LogP contribution in [0.5, 0.6) is 0 Å². The first-order valence-electron chi connectivity index (χ1n) is 6.46. The molecule has 2 aliphatic heterocycles. The second-order valence-electron chi connectivity index (χ2n) is 4.71. The van der Waals surface area contributed by atoms with Crippen molar-refractivity contribution in [3.8, 4) is 0 Å². The molecule has 100 valence electrons. The lowest BCUT2D eigenvalue weighted by Crippen LogP contribution is -2.45. The molecule has 0 amide bonds. The highest BCUT2D eigenvalue weighted by atomic mass is 32.2. The van der Waals surface area contributed by atoms with Gasteiger partial charge in [-0.05, 0) is 32.7 Å². The highest BCUT2D eigenvalue weighted by molar-refractivity contribution is 7.89. The lowest BCUT2D eigenvalue weighted by atomic mass is 10.1. The lowest BCUT2D eigenvalue weighted by Gasteiger charge is -2.32. The number of sulfonamides is 1. The van der Waals surface area contributed by atoms with E-state index in [1.54, 1.807) is 4.31 Å². The molecule has 2 heterocycles. The van der Waals surface area contributed by atoms with Gasteiger partial charge in [0.05, 0.1) is 11.4 Å². The fourth-order valence-corrected chi connectivity index (χ4v) is 4.47. The van der Waals surface area contributed by atoms with Crippen LogP contribution in [0.2, 0.25) is 0 Å². The van der Waals surface area contributed by atoms with Gasteiger partial charge in [-0.2, -0.15) is 0 Å². The third kappa shape index (κ3) is 2.99. The predicted octanol–water partition coefficient (Wildman–Crippen LogP) is 0.179. The number of nitrogens with zero attached hydrogens (tertiary/aromatic N) is 1. The van der Waals surface area contributed by atoms with E-state index in [0.29, 0.717) is 26.2 Å². The van der Waals surface area contributed by atoms with Gasteiger partial charge >= 0.3 is 0 Å². The van der Waals surface area contributed by atoms with Crippen LogP contribution in [-0.2, 0) is 14.8 Å². The molecular weight excluding hydrogens is 240 g/mol. The van der Waals surface area contributed by atoms with Crippen molar-refractivity contribution in [3.63, 3.8) is 0 Å². The smallest absolute Gasteiger partial charge is 0.218 e. The maximum atomic E-state index is 12.3. The van der Waals surface area contributed by atoms with Crippen LogP contribution in [0.1, 0.15) is 26.2 Å². The summed E-state index contributed by atoms with van der Waals surface area (Å²) in [5.41, 5.74) is 0. The standard InChI is InChI=1S/C11H22N2O3S/c1-2-16-10-4-7-13(8-5-10)17(14,15)11-3-6-12-9-11/h10-12H,2-9H2,1H3. The van der Waals surface area contributed by atoms with Gasteiger partial charge in [-0.15, -0.1) is 0 Å². The number of piperidine rings is 1. The Morgan fingerprint density at radius 3 is 2.53 bits per heavy atom. The minimum absolute atomic E-state index is 0.217. The average Bonchev–Trinajstić information content (AvgIpc) is 2.84. The van der Waals surface area contributed by atoms with Gasteiger partial charge in [0, 0.05) is 26.2 Å². The van der Waals surface area contributed by atoms with E-state index in [1.165, 1.54) is 0 Å². The van der Waals surface area contributed by atoms with Crippen molar-refractivity contribution in [1.82, 2.24) is 9.62 Å². The van der Waals surface area contributed by atoms with Crippen LogP contribution in [0.25, 0.3) is 0 Å². The van der Waals surface area contributed by atoms with E-state index in [2.05, 4.69) is 5.32 Å². The summed E-state index contributed by atoms with van der Waals surface area (Å²) in [5, 5.41) is 2.90. The van der Waals surface area contributed by atoms with E-state index < -0.39 is 10.0 Å². The number of hydrogen-bond acceptors (Lipinski definition) is 4. The molecule has 2 rings (SSSR count). The molecule has 0 aromatic heterocycles. The fourth-order valence-electron chi connectivity index (χ4n) is 2.58. The first-order valence-corrected chi connectivity index (χ1v) is 7.96. The van der Waals surface area contributed by atoms with E-state index in [4.69, 9.17) is 4.74 Å². The molecule has 1 atom stereocenters.